The van der Waals surface area contributed by atoms with Crippen molar-refractivity contribution in [3.8, 4) is 0 Å². The minimum absolute atomic E-state index is 0.207. The summed E-state index contributed by atoms with van der Waals surface area (Å²) in [5.74, 6) is -1.15. The lowest BCUT2D eigenvalue weighted by Gasteiger charge is -1.97. The van der Waals surface area contributed by atoms with Crippen LogP contribution >= 0.6 is 11.3 Å². The smallest absolute Gasteiger partial charge is 0.183 e. The number of hydrogen-bond donors (Lipinski definition) is 1. The zero-order valence-electron chi connectivity index (χ0n) is 7.59. The summed E-state index contributed by atoms with van der Waals surface area (Å²) in [6.45, 7) is 4.51. The van der Waals surface area contributed by atoms with E-state index in [2.05, 4.69) is 10.3 Å². The summed E-state index contributed by atoms with van der Waals surface area (Å²) in [6.07, 6.45) is 0.985. The van der Waals surface area contributed by atoms with Crippen molar-refractivity contribution in [1.82, 2.24) is 4.98 Å². The topological polar surface area (TPSA) is 65.0 Å². The molecule has 0 aliphatic heterocycles. The van der Waals surface area contributed by atoms with Gasteiger partial charge in [-0.1, -0.05) is 18.3 Å². The maximum Gasteiger partial charge on any atom is 0.183 e. The van der Waals surface area contributed by atoms with Crippen LogP contribution in [0.1, 0.15) is 28.7 Å². The molecule has 0 amide bonds. The molecular formula is C8H11N2O2S-. The summed E-state index contributed by atoms with van der Waals surface area (Å²) in [6, 6.07) is 0. The van der Waals surface area contributed by atoms with Gasteiger partial charge in [-0.3, -0.25) is 0 Å². The van der Waals surface area contributed by atoms with Gasteiger partial charge in [0.1, 0.15) is 0 Å². The number of carboxylic acids is 1. The molecule has 0 fully saturated rings. The van der Waals surface area contributed by atoms with Crippen molar-refractivity contribution in [3.63, 3.8) is 0 Å². The van der Waals surface area contributed by atoms with E-state index in [1.54, 1.807) is 6.92 Å². The summed E-state index contributed by atoms with van der Waals surface area (Å²) in [5, 5.41) is 14.2. The number of aromatic nitrogens is 1. The Kier molecular flexibility index (Phi) is 3.25. The average Bonchev–Trinajstić information content (AvgIpc) is 2.43. The molecule has 0 radical (unpaired) electrons. The first kappa shape index (κ1) is 9.98. The van der Waals surface area contributed by atoms with Gasteiger partial charge in [-0.05, 0) is 13.3 Å². The quantitative estimate of drug-likeness (QED) is 0.772. The van der Waals surface area contributed by atoms with Crippen molar-refractivity contribution < 1.29 is 9.90 Å². The SMILES string of the molecule is CCCNc1nc(C)c(C(=O)[O-])s1. The fourth-order valence-electron chi connectivity index (χ4n) is 0.893. The van der Waals surface area contributed by atoms with Crippen molar-refractivity contribution in [2.45, 2.75) is 20.3 Å². The van der Waals surface area contributed by atoms with Crippen LogP contribution in [0.15, 0.2) is 0 Å². The summed E-state index contributed by atoms with van der Waals surface area (Å²) in [7, 11) is 0. The predicted molar refractivity (Wildman–Crippen MR) is 50.0 cm³/mol. The van der Waals surface area contributed by atoms with Gasteiger partial charge < -0.3 is 15.2 Å². The largest absolute Gasteiger partial charge is 0.544 e. The Morgan fingerprint density at radius 3 is 2.85 bits per heavy atom. The van der Waals surface area contributed by atoms with Crippen LogP contribution in [0.4, 0.5) is 5.13 Å². The van der Waals surface area contributed by atoms with Crippen molar-refractivity contribution >= 4 is 22.4 Å². The lowest BCUT2D eigenvalue weighted by atomic mass is 10.4. The normalized spacial score (nSPS) is 10.0. The number of thiazole rings is 1. The number of nitrogens with one attached hydrogen (secondary N) is 1. The van der Waals surface area contributed by atoms with E-state index >= 15 is 0 Å². The van der Waals surface area contributed by atoms with E-state index in [1.165, 1.54) is 0 Å². The molecule has 1 heterocycles. The van der Waals surface area contributed by atoms with Crippen molar-refractivity contribution in [3.05, 3.63) is 10.6 Å². The molecule has 0 aliphatic carbocycles. The third-order valence-corrected chi connectivity index (χ3v) is 2.60. The molecule has 0 bridgehead atoms. The van der Waals surface area contributed by atoms with Gasteiger partial charge in [0.15, 0.2) is 5.13 Å². The highest BCUT2D eigenvalue weighted by Gasteiger charge is 2.06. The standard InChI is InChI=1S/C8H12N2O2S/c1-3-4-9-8-10-5(2)6(13-8)7(11)12/h3-4H2,1-2H3,(H,9,10)(H,11,12)/p-1. The number of rotatable bonds is 4. The van der Waals surface area contributed by atoms with Crippen LogP contribution in [0, 0.1) is 6.92 Å². The van der Waals surface area contributed by atoms with Gasteiger partial charge in [-0.2, -0.15) is 0 Å². The Morgan fingerprint density at radius 2 is 2.38 bits per heavy atom. The summed E-state index contributed by atoms with van der Waals surface area (Å²) in [5.41, 5.74) is 0.517. The van der Waals surface area contributed by atoms with Crippen LogP contribution in [0.25, 0.3) is 0 Å². The third-order valence-electron chi connectivity index (χ3n) is 1.51. The molecule has 0 atom stereocenters. The van der Waals surface area contributed by atoms with E-state index in [9.17, 15) is 9.90 Å². The van der Waals surface area contributed by atoms with Gasteiger partial charge in [0, 0.05) is 6.54 Å². The molecular weight excluding hydrogens is 188 g/mol. The number of aryl methyl sites for hydroxylation is 1. The van der Waals surface area contributed by atoms with Crippen molar-refractivity contribution in [2.24, 2.45) is 0 Å². The minimum Gasteiger partial charge on any atom is -0.544 e. The molecule has 0 spiro atoms. The number of carbonyl (C=O) groups is 1. The van der Waals surface area contributed by atoms with Crippen LogP contribution in [0.5, 0.6) is 0 Å². The minimum atomic E-state index is -1.15. The molecule has 1 rings (SSSR count). The number of carbonyl (C=O) groups excluding carboxylic acids is 1. The summed E-state index contributed by atoms with van der Waals surface area (Å²) < 4.78 is 0. The molecule has 0 aromatic carbocycles. The van der Waals surface area contributed by atoms with Crippen LogP contribution in [0.2, 0.25) is 0 Å². The molecule has 0 aliphatic rings. The van der Waals surface area contributed by atoms with Gasteiger partial charge in [0.25, 0.3) is 0 Å². The molecule has 4 nitrogen and oxygen atoms in total. The first-order valence-corrected chi connectivity index (χ1v) is 4.89. The van der Waals surface area contributed by atoms with Crippen LogP contribution in [-0.2, 0) is 0 Å². The maximum absolute atomic E-state index is 10.5. The second-order valence-corrected chi connectivity index (χ2v) is 3.65. The Balaban J connectivity index is 2.76. The molecule has 1 aromatic heterocycles. The number of nitrogens with zero attached hydrogens (tertiary/aromatic N) is 1. The van der Waals surface area contributed by atoms with E-state index < -0.39 is 5.97 Å². The molecule has 0 unspecified atom stereocenters. The average molecular weight is 199 g/mol. The number of aromatic carboxylic acids is 1. The van der Waals surface area contributed by atoms with Crippen LogP contribution in [0.3, 0.4) is 0 Å². The summed E-state index contributed by atoms with van der Waals surface area (Å²) >= 11 is 1.12. The van der Waals surface area contributed by atoms with Gasteiger partial charge in [0.05, 0.1) is 16.5 Å². The highest BCUT2D eigenvalue weighted by Crippen LogP contribution is 2.21. The number of anilines is 1. The third kappa shape index (κ3) is 2.42. The second kappa shape index (κ2) is 4.23. The Bertz CT molecular complexity index is 309. The van der Waals surface area contributed by atoms with Crippen LogP contribution < -0.4 is 10.4 Å². The monoisotopic (exact) mass is 199 g/mol. The van der Waals surface area contributed by atoms with Gasteiger partial charge >= 0.3 is 0 Å². The van der Waals surface area contributed by atoms with E-state index in [1.807, 2.05) is 6.92 Å². The molecule has 5 heteroatoms. The molecule has 1 aromatic rings. The fourth-order valence-corrected chi connectivity index (χ4v) is 1.72. The fraction of sp³-hybridized carbons (Fsp3) is 0.500. The Hall–Kier alpha value is -1.10. The molecule has 0 saturated carbocycles. The highest BCUT2D eigenvalue weighted by atomic mass is 32.1. The van der Waals surface area contributed by atoms with Gasteiger partial charge in [-0.15, -0.1) is 0 Å². The number of carboxylic acid groups (broad SMARTS) is 1. The van der Waals surface area contributed by atoms with E-state index in [-0.39, 0.29) is 4.88 Å². The van der Waals surface area contributed by atoms with Gasteiger partial charge in [-0.25, -0.2) is 4.98 Å². The van der Waals surface area contributed by atoms with E-state index in [4.69, 9.17) is 0 Å². The lowest BCUT2D eigenvalue weighted by Crippen LogP contribution is -2.21. The molecule has 13 heavy (non-hydrogen) atoms. The zero-order chi connectivity index (χ0) is 9.84. The Morgan fingerprint density at radius 1 is 1.69 bits per heavy atom. The lowest BCUT2D eigenvalue weighted by molar-refractivity contribution is -0.254. The highest BCUT2D eigenvalue weighted by molar-refractivity contribution is 7.17. The predicted octanol–water partition coefficient (Wildman–Crippen LogP) is 0.637. The second-order valence-electron chi connectivity index (χ2n) is 2.65. The maximum atomic E-state index is 10.5. The van der Waals surface area contributed by atoms with Crippen molar-refractivity contribution in [1.29, 1.82) is 0 Å². The zero-order valence-corrected chi connectivity index (χ0v) is 8.40. The first-order valence-electron chi connectivity index (χ1n) is 4.07. The Labute approximate surface area is 80.6 Å². The molecule has 0 saturated heterocycles. The van der Waals surface area contributed by atoms with E-state index in [0.717, 1.165) is 24.3 Å². The molecule has 72 valence electrons. The molecule has 1 N–H and O–H groups in total. The first-order chi connectivity index (χ1) is 6.15. The summed E-state index contributed by atoms with van der Waals surface area (Å²) in [4.78, 5) is 14.8. The van der Waals surface area contributed by atoms with Crippen molar-refractivity contribution in [2.75, 3.05) is 11.9 Å². The number of hydrogen-bond acceptors (Lipinski definition) is 5. The van der Waals surface area contributed by atoms with E-state index in [0.29, 0.717) is 10.8 Å². The van der Waals surface area contributed by atoms with Gasteiger partial charge in [0.2, 0.25) is 0 Å². The van der Waals surface area contributed by atoms with Crippen LogP contribution in [-0.4, -0.2) is 17.5 Å².